The molecule has 1 aromatic heterocycles. The van der Waals surface area contributed by atoms with Gasteiger partial charge in [0.05, 0.1) is 0 Å². The largest absolute Gasteiger partial charge is 0.357 e. The fourth-order valence-corrected chi connectivity index (χ4v) is 4.34. The first kappa shape index (κ1) is 22.5. The van der Waals surface area contributed by atoms with E-state index in [0.29, 0.717) is 6.54 Å². The van der Waals surface area contributed by atoms with Gasteiger partial charge in [-0.05, 0) is 50.3 Å². The summed E-state index contributed by atoms with van der Waals surface area (Å²) in [7, 11) is 0. The van der Waals surface area contributed by atoms with Crippen molar-refractivity contribution in [2.24, 2.45) is 4.99 Å². The molecule has 2 heterocycles. The SMILES string of the molecule is CCNC(=NCc1nnc2n1CCCCC2)NCC1(c2cccc(Br)c2)CC1.I. The number of rotatable bonds is 6. The zero-order valence-electron chi connectivity index (χ0n) is 17.0. The van der Waals surface area contributed by atoms with Crippen molar-refractivity contribution in [2.45, 2.75) is 64.0 Å². The van der Waals surface area contributed by atoms with Crippen molar-refractivity contribution in [1.82, 2.24) is 25.4 Å². The molecule has 1 aliphatic carbocycles. The summed E-state index contributed by atoms with van der Waals surface area (Å²) in [6.07, 6.45) is 7.15. The van der Waals surface area contributed by atoms with Crippen LogP contribution in [0.1, 0.15) is 56.2 Å². The van der Waals surface area contributed by atoms with E-state index in [1.807, 2.05) is 0 Å². The lowest BCUT2D eigenvalue weighted by Crippen LogP contribution is -2.41. The fourth-order valence-electron chi connectivity index (χ4n) is 3.94. The molecule has 1 aliphatic heterocycles. The Kier molecular flexibility index (Phi) is 7.95. The van der Waals surface area contributed by atoms with Crippen LogP contribution in [-0.2, 0) is 24.9 Å². The van der Waals surface area contributed by atoms with Crippen LogP contribution in [0.5, 0.6) is 0 Å². The van der Waals surface area contributed by atoms with Gasteiger partial charge in [0.1, 0.15) is 12.4 Å². The van der Waals surface area contributed by atoms with Crippen molar-refractivity contribution >= 4 is 45.9 Å². The van der Waals surface area contributed by atoms with Crippen LogP contribution in [-0.4, -0.2) is 33.8 Å². The van der Waals surface area contributed by atoms with Gasteiger partial charge in [0.15, 0.2) is 11.8 Å². The highest BCUT2D eigenvalue weighted by Crippen LogP contribution is 2.48. The molecule has 0 radical (unpaired) electrons. The van der Waals surface area contributed by atoms with E-state index < -0.39 is 0 Å². The van der Waals surface area contributed by atoms with Gasteiger partial charge in [0.25, 0.3) is 0 Å². The Bertz CT molecular complexity index is 845. The molecule has 158 valence electrons. The van der Waals surface area contributed by atoms with Gasteiger partial charge in [-0.1, -0.05) is 34.5 Å². The lowest BCUT2D eigenvalue weighted by molar-refractivity contribution is 0.604. The quantitative estimate of drug-likeness (QED) is 0.310. The molecule has 8 heteroatoms. The lowest BCUT2D eigenvalue weighted by Gasteiger charge is -2.19. The number of aromatic nitrogens is 3. The third-order valence-corrected chi connectivity index (χ3v) is 6.29. The van der Waals surface area contributed by atoms with Crippen molar-refractivity contribution in [3.05, 3.63) is 46.0 Å². The number of halogens is 2. The van der Waals surface area contributed by atoms with Crippen molar-refractivity contribution in [2.75, 3.05) is 13.1 Å². The number of nitrogens with zero attached hydrogens (tertiary/aromatic N) is 4. The fraction of sp³-hybridized carbons (Fsp3) is 0.571. The number of nitrogens with one attached hydrogen (secondary N) is 2. The average Bonchev–Trinajstić information content (AvgIpc) is 3.45. The van der Waals surface area contributed by atoms with Gasteiger partial charge in [-0.15, -0.1) is 34.2 Å². The smallest absolute Gasteiger partial charge is 0.191 e. The maximum atomic E-state index is 4.80. The zero-order chi connectivity index (χ0) is 19.4. The molecule has 6 nitrogen and oxygen atoms in total. The van der Waals surface area contributed by atoms with Crippen molar-refractivity contribution < 1.29 is 0 Å². The first-order chi connectivity index (χ1) is 13.7. The van der Waals surface area contributed by atoms with Crippen LogP contribution < -0.4 is 10.6 Å². The molecule has 0 amide bonds. The summed E-state index contributed by atoms with van der Waals surface area (Å²) in [5, 5.41) is 15.7. The van der Waals surface area contributed by atoms with E-state index >= 15 is 0 Å². The number of hydrogen-bond acceptors (Lipinski definition) is 3. The predicted molar refractivity (Wildman–Crippen MR) is 131 cm³/mol. The molecule has 29 heavy (non-hydrogen) atoms. The van der Waals surface area contributed by atoms with E-state index in [-0.39, 0.29) is 29.4 Å². The molecule has 1 fully saturated rings. The third-order valence-electron chi connectivity index (χ3n) is 5.79. The third kappa shape index (κ3) is 5.51. The normalized spacial score (nSPS) is 17.7. The van der Waals surface area contributed by atoms with E-state index in [2.05, 4.69) is 72.5 Å². The van der Waals surface area contributed by atoms with E-state index in [9.17, 15) is 0 Å². The summed E-state index contributed by atoms with van der Waals surface area (Å²) in [5.74, 6) is 2.95. The van der Waals surface area contributed by atoms with E-state index in [0.717, 1.165) is 48.1 Å². The van der Waals surface area contributed by atoms with E-state index in [1.165, 1.54) is 37.7 Å². The molecular weight excluding hydrogens is 543 g/mol. The molecule has 4 rings (SSSR count). The number of fused-ring (bicyclic) bond motifs is 1. The van der Waals surface area contributed by atoms with Crippen LogP contribution in [0.3, 0.4) is 0 Å². The molecule has 0 atom stereocenters. The summed E-state index contributed by atoms with van der Waals surface area (Å²) in [5.41, 5.74) is 1.62. The van der Waals surface area contributed by atoms with Gasteiger partial charge < -0.3 is 15.2 Å². The maximum absolute atomic E-state index is 4.80. The topological polar surface area (TPSA) is 67.1 Å². The summed E-state index contributed by atoms with van der Waals surface area (Å²) in [6.45, 7) is 5.41. The maximum Gasteiger partial charge on any atom is 0.191 e. The number of benzene rings is 1. The van der Waals surface area contributed by atoms with Crippen LogP contribution in [0.25, 0.3) is 0 Å². The summed E-state index contributed by atoms with van der Waals surface area (Å²) in [6, 6.07) is 8.68. The Balaban J connectivity index is 0.00000240. The van der Waals surface area contributed by atoms with Gasteiger partial charge in [-0.2, -0.15) is 0 Å². The van der Waals surface area contributed by atoms with Gasteiger partial charge in [0, 0.05) is 35.9 Å². The summed E-state index contributed by atoms with van der Waals surface area (Å²) >= 11 is 3.60. The molecule has 1 aromatic carbocycles. The van der Waals surface area contributed by atoms with Crippen molar-refractivity contribution in [3.63, 3.8) is 0 Å². The molecule has 2 aromatic rings. The second-order valence-corrected chi connectivity index (χ2v) is 8.75. The molecule has 2 aliphatic rings. The Morgan fingerprint density at radius 3 is 2.83 bits per heavy atom. The van der Waals surface area contributed by atoms with Crippen LogP contribution in [0.4, 0.5) is 0 Å². The van der Waals surface area contributed by atoms with Crippen molar-refractivity contribution in [3.8, 4) is 0 Å². The second kappa shape index (κ2) is 10.2. The van der Waals surface area contributed by atoms with Crippen LogP contribution in [0, 0.1) is 0 Å². The van der Waals surface area contributed by atoms with Crippen LogP contribution in [0.2, 0.25) is 0 Å². The Morgan fingerprint density at radius 1 is 1.21 bits per heavy atom. The van der Waals surface area contributed by atoms with Crippen LogP contribution in [0.15, 0.2) is 33.7 Å². The highest BCUT2D eigenvalue weighted by Gasteiger charge is 2.44. The molecule has 0 spiro atoms. The minimum Gasteiger partial charge on any atom is -0.357 e. The molecule has 1 saturated carbocycles. The van der Waals surface area contributed by atoms with Gasteiger partial charge in [-0.3, -0.25) is 0 Å². The van der Waals surface area contributed by atoms with Gasteiger partial charge in [-0.25, -0.2) is 4.99 Å². The molecule has 0 saturated heterocycles. The monoisotopic (exact) mass is 572 g/mol. The lowest BCUT2D eigenvalue weighted by atomic mass is 9.96. The minimum absolute atomic E-state index is 0. The average molecular weight is 573 g/mol. The second-order valence-electron chi connectivity index (χ2n) is 7.83. The zero-order valence-corrected chi connectivity index (χ0v) is 20.9. The highest BCUT2D eigenvalue weighted by molar-refractivity contribution is 14.0. The van der Waals surface area contributed by atoms with E-state index in [4.69, 9.17) is 4.99 Å². The molecule has 0 bridgehead atoms. The Hall–Kier alpha value is -1.16. The summed E-state index contributed by atoms with van der Waals surface area (Å²) in [4.78, 5) is 4.80. The van der Waals surface area contributed by atoms with Gasteiger partial charge in [0.2, 0.25) is 0 Å². The number of aliphatic imine (C=N–C) groups is 1. The van der Waals surface area contributed by atoms with Gasteiger partial charge >= 0.3 is 0 Å². The minimum atomic E-state index is 0. The van der Waals surface area contributed by atoms with Crippen molar-refractivity contribution in [1.29, 1.82) is 0 Å². The Labute approximate surface area is 198 Å². The molecular formula is C21H30BrIN6. The first-order valence-electron chi connectivity index (χ1n) is 10.4. The predicted octanol–water partition coefficient (Wildman–Crippen LogP) is 4.17. The number of aryl methyl sites for hydroxylation is 1. The molecule has 2 N–H and O–H groups in total. The standard InChI is InChI=1S/C21H29BrN6.HI/c1-2-23-20(24-14-19-27-26-18-9-4-3-5-12-28(18)19)25-15-21(10-11-21)16-7-6-8-17(22)13-16;/h6-8,13H,2-5,9-12,14-15H2,1H3,(H2,23,24,25);1H. The van der Waals surface area contributed by atoms with Crippen LogP contribution >= 0.6 is 39.9 Å². The number of guanidine groups is 1. The summed E-state index contributed by atoms with van der Waals surface area (Å²) < 4.78 is 3.41. The Morgan fingerprint density at radius 2 is 2.07 bits per heavy atom. The molecule has 0 unspecified atom stereocenters. The number of hydrogen-bond donors (Lipinski definition) is 2. The van der Waals surface area contributed by atoms with E-state index in [1.54, 1.807) is 0 Å². The highest BCUT2D eigenvalue weighted by atomic mass is 127. The first-order valence-corrected chi connectivity index (χ1v) is 11.2.